The molecule has 4 heteroatoms. The highest BCUT2D eigenvalue weighted by Gasteiger charge is 2.27. The van der Waals surface area contributed by atoms with Gasteiger partial charge in [-0.1, -0.05) is 0 Å². The summed E-state index contributed by atoms with van der Waals surface area (Å²) in [5.41, 5.74) is 1.16. The van der Waals surface area contributed by atoms with Gasteiger partial charge in [0.05, 0.1) is 25.1 Å². The highest BCUT2D eigenvalue weighted by Crippen LogP contribution is 2.25. The average Bonchev–Trinajstić information content (AvgIpc) is 2.41. The second kappa shape index (κ2) is 6.44. The molecule has 0 bridgehead atoms. The van der Waals surface area contributed by atoms with Crippen molar-refractivity contribution in [2.45, 2.75) is 32.4 Å². The minimum absolute atomic E-state index is 0.242. The Kier molecular flexibility index (Phi) is 4.64. The van der Waals surface area contributed by atoms with Crippen molar-refractivity contribution in [3.05, 3.63) is 24.3 Å². The third kappa shape index (κ3) is 3.18. The average molecular weight is 259 g/mol. The molecule has 0 aliphatic carbocycles. The fraction of sp³-hybridized carbons (Fsp3) is 0.533. The number of hydrogen-bond acceptors (Lipinski definition) is 4. The van der Waals surface area contributed by atoms with Crippen LogP contribution in [0.4, 0.5) is 5.69 Å². The minimum Gasteiger partial charge on any atom is -0.494 e. The molecule has 1 aromatic carbocycles. The molecule has 0 aromatic heterocycles. The summed E-state index contributed by atoms with van der Waals surface area (Å²) in [6.07, 6.45) is 0.546. The molecule has 0 radical (unpaired) electrons. The van der Waals surface area contributed by atoms with Crippen LogP contribution in [-0.2, 0) is 0 Å². The van der Waals surface area contributed by atoms with E-state index in [1.807, 2.05) is 19.1 Å². The molecular formula is C15H21N3O. The topological polar surface area (TPSA) is 48.3 Å². The molecule has 1 fully saturated rings. The number of nitrogens with zero attached hydrogens (tertiary/aromatic N) is 2. The molecule has 0 amide bonds. The van der Waals surface area contributed by atoms with Crippen LogP contribution in [0.2, 0.25) is 0 Å². The van der Waals surface area contributed by atoms with Crippen molar-refractivity contribution in [1.29, 1.82) is 5.26 Å². The Morgan fingerprint density at radius 2 is 2.11 bits per heavy atom. The zero-order valence-electron chi connectivity index (χ0n) is 11.6. The quantitative estimate of drug-likeness (QED) is 0.900. The molecule has 2 rings (SSSR count). The molecule has 1 aliphatic rings. The number of ether oxygens (including phenoxy) is 1. The van der Waals surface area contributed by atoms with E-state index in [-0.39, 0.29) is 6.04 Å². The predicted octanol–water partition coefficient (Wildman–Crippen LogP) is 2.17. The van der Waals surface area contributed by atoms with Crippen LogP contribution in [-0.4, -0.2) is 31.8 Å². The van der Waals surface area contributed by atoms with Gasteiger partial charge in [-0.3, -0.25) is 0 Å². The van der Waals surface area contributed by atoms with Gasteiger partial charge in [-0.2, -0.15) is 5.26 Å². The van der Waals surface area contributed by atoms with E-state index < -0.39 is 0 Å². The van der Waals surface area contributed by atoms with Gasteiger partial charge >= 0.3 is 0 Å². The molecule has 2 unspecified atom stereocenters. The van der Waals surface area contributed by atoms with Gasteiger partial charge in [0.25, 0.3) is 0 Å². The van der Waals surface area contributed by atoms with Crippen LogP contribution in [0.1, 0.15) is 20.3 Å². The van der Waals surface area contributed by atoms with Crippen molar-refractivity contribution in [2.24, 2.45) is 0 Å². The highest BCUT2D eigenvalue weighted by molar-refractivity contribution is 5.51. The number of benzene rings is 1. The van der Waals surface area contributed by atoms with Gasteiger partial charge in [0.1, 0.15) is 5.75 Å². The fourth-order valence-electron chi connectivity index (χ4n) is 2.64. The molecule has 1 N–H and O–H groups in total. The third-order valence-electron chi connectivity index (χ3n) is 3.46. The van der Waals surface area contributed by atoms with Gasteiger partial charge in [-0.15, -0.1) is 0 Å². The van der Waals surface area contributed by atoms with Gasteiger partial charge in [-0.05, 0) is 38.1 Å². The second-order valence-electron chi connectivity index (χ2n) is 4.86. The summed E-state index contributed by atoms with van der Waals surface area (Å²) in [6.45, 7) is 6.67. The van der Waals surface area contributed by atoms with Crippen LogP contribution in [0.15, 0.2) is 24.3 Å². The van der Waals surface area contributed by atoms with Crippen LogP contribution in [0.5, 0.6) is 5.75 Å². The number of nitriles is 1. The Balaban J connectivity index is 2.18. The number of piperazine rings is 1. The van der Waals surface area contributed by atoms with E-state index in [9.17, 15) is 0 Å². The van der Waals surface area contributed by atoms with Crippen LogP contribution in [0, 0.1) is 11.3 Å². The van der Waals surface area contributed by atoms with Crippen molar-refractivity contribution < 1.29 is 4.74 Å². The number of rotatable bonds is 4. The molecule has 1 aliphatic heterocycles. The first kappa shape index (κ1) is 13.7. The molecule has 0 saturated carbocycles. The van der Waals surface area contributed by atoms with E-state index in [1.54, 1.807) is 0 Å². The van der Waals surface area contributed by atoms with Crippen molar-refractivity contribution in [3.63, 3.8) is 0 Å². The molecule has 102 valence electrons. The lowest BCUT2D eigenvalue weighted by Gasteiger charge is -2.42. The number of nitrogens with one attached hydrogen (secondary N) is 1. The van der Waals surface area contributed by atoms with E-state index in [4.69, 9.17) is 10.00 Å². The Morgan fingerprint density at radius 3 is 2.74 bits per heavy atom. The summed E-state index contributed by atoms with van der Waals surface area (Å²) in [5.74, 6) is 0.894. The molecule has 1 saturated heterocycles. The molecular weight excluding hydrogens is 238 g/mol. The van der Waals surface area contributed by atoms with Gasteiger partial charge in [-0.25, -0.2) is 0 Å². The molecule has 4 nitrogen and oxygen atoms in total. The van der Waals surface area contributed by atoms with Gasteiger partial charge in [0.15, 0.2) is 0 Å². The third-order valence-corrected chi connectivity index (χ3v) is 3.46. The Bertz CT molecular complexity index is 438. The standard InChI is InChI=1S/C15H21N3O/c1-3-19-15-6-4-13(5-7-15)18-12(2)10-17-11-14(18)8-9-16/h4-7,12,14,17H,3,8,10-11H2,1-2H3. The highest BCUT2D eigenvalue weighted by atomic mass is 16.5. The van der Waals surface area contributed by atoms with Crippen LogP contribution in [0.3, 0.4) is 0 Å². The van der Waals surface area contributed by atoms with Crippen molar-refractivity contribution in [3.8, 4) is 11.8 Å². The summed E-state index contributed by atoms with van der Waals surface area (Å²) in [4.78, 5) is 2.34. The van der Waals surface area contributed by atoms with E-state index >= 15 is 0 Å². The maximum absolute atomic E-state index is 8.96. The zero-order valence-corrected chi connectivity index (χ0v) is 11.6. The minimum atomic E-state index is 0.242. The van der Waals surface area contributed by atoms with Crippen molar-refractivity contribution >= 4 is 5.69 Å². The predicted molar refractivity (Wildman–Crippen MR) is 76.4 cm³/mol. The largest absolute Gasteiger partial charge is 0.494 e. The summed E-state index contributed by atoms with van der Waals surface area (Å²) in [6, 6.07) is 11.1. The zero-order chi connectivity index (χ0) is 13.7. The smallest absolute Gasteiger partial charge is 0.119 e. The maximum atomic E-state index is 8.96. The molecule has 1 heterocycles. The molecule has 0 spiro atoms. The first-order chi connectivity index (χ1) is 9.26. The first-order valence-corrected chi connectivity index (χ1v) is 6.85. The fourth-order valence-corrected chi connectivity index (χ4v) is 2.64. The van der Waals surface area contributed by atoms with Crippen LogP contribution >= 0.6 is 0 Å². The lowest BCUT2D eigenvalue weighted by atomic mass is 10.0. The van der Waals surface area contributed by atoms with E-state index in [1.165, 1.54) is 0 Å². The van der Waals surface area contributed by atoms with Crippen LogP contribution in [0.25, 0.3) is 0 Å². The van der Waals surface area contributed by atoms with Gasteiger partial charge in [0, 0.05) is 24.8 Å². The molecule has 1 aromatic rings. The second-order valence-corrected chi connectivity index (χ2v) is 4.86. The van der Waals surface area contributed by atoms with Gasteiger partial charge in [0.2, 0.25) is 0 Å². The molecule has 19 heavy (non-hydrogen) atoms. The lowest BCUT2D eigenvalue weighted by molar-refractivity contribution is 0.340. The van der Waals surface area contributed by atoms with Crippen molar-refractivity contribution in [1.82, 2.24) is 5.32 Å². The maximum Gasteiger partial charge on any atom is 0.119 e. The van der Waals surface area contributed by atoms with Crippen LogP contribution < -0.4 is 15.0 Å². The summed E-state index contributed by atoms with van der Waals surface area (Å²) >= 11 is 0. The summed E-state index contributed by atoms with van der Waals surface area (Å²) in [5, 5.41) is 12.3. The van der Waals surface area contributed by atoms with E-state index in [0.29, 0.717) is 19.1 Å². The van der Waals surface area contributed by atoms with E-state index in [0.717, 1.165) is 24.5 Å². The normalized spacial score (nSPS) is 22.9. The monoisotopic (exact) mass is 259 g/mol. The van der Waals surface area contributed by atoms with Gasteiger partial charge < -0.3 is 15.0 Å². The Hall–Kier alpha value is -1.73. The summed E-state index contributed by atoms with van der Waals surface area (Å²) in [7, 11) is 0. The number of anilines is 1. The molecule has 2 atom stereocenters. The van der Waals surface area contributed by atoms with E-state index in [2.05, 4.69) is 35.3 Å². The SMILES string of the molecule is CCOc1ccc(N2C(C)CNCC2CC#N)cc1. The lowest BCUT2D eigenvalue weighted by Crippen LogP contribution is -2.56. The first-order valence-electron chi connectivity index (χ1n) is 6.85. The number of hydrogen-bond donors (Lipinski definition) is 1. The van der Waals surface area contributed by atoms with Crippen molar-refractivity contribution in [2.75, 3.05) is 24.6 Å². The Morgan fingerprint density at radius 1 is 1.37 bits per heavy atom. The summed E-state index contributed by atoms with van der Waals surface area (Å²) < 4.78 is 5.47. The Labute approximate surface area is 115 Å².